The Morgan fingerprint density at radius 2 is 1.09 bits per heavy atom. The number of ketones is 2. The Kier molecular flexibility index (Phi) is 15.9. The molecule has 258 valence electrons. The Balaban J connectivity index is 0.000000451. The molecule has 0 aliphatic heterocycles. The van der Waals surface area contributed by atoms with Crippen LogP contribution in [-0.2, 0) is 19.1 Å². The maximum Gasteiger partial charge on any atom is 0.308 e. The van der Waals surface area contributed by atoms with Gasteiger partial charge in [0.25, 0.3) is 0 Å². The van der Waals surface area contributed by atoms with E-state index >= 15 is 0 Å². The van der Waals surface area contributed by atoms with Gasteiger partial charge in [0.2, 0.25) is 0 Å². The van der Waals surface area contributed by atoms with E-state index in [4.69, 9.17) is 14.2 Å². The normalized spacial score (nSPS) is 11.6. The monoisotopic (exact) mass is 734 g/mol. The average Bonchev–Trinajstić information content (AvgIpc) is 3.67. The van der Waals surface area contributed by atoms with Crippen molar-refractivity contribution in [1.82, 2.24) is 0 Å². The molecule has 0 aliphatic rings. The van der Waals surface area contributed by atoms with Gasteiger partial charge in [-0.25, -0.2) is 8.78 Å². The highest BCUT2D eigenvalue weighted by Gasteiger charge is 2.24. The first-order chi connectivity index (χ1) is 21.3. The molecule has 0 amide bonds. The molecule has 2 atom stereocenters. The summed E-state index contributed by atoms with van der Waals surface area (Å²) in [5.41, 5.74) is 0. The molecule has 2 aromatic carbocycles. The average molecular weight is 735 g/mol. The number of carbonyl (C=O) groups is 4. The number of phenols is 1. The van der Waals surface area contributed by atoms with Gasteiger partial charge >= 0.3 is 11.9 Å². The standard InChI is InChI=1S/C16H17FO5S.C15H15FO5S.2H2S/c1-8(16(19)22-4)5-10(18)13-6-9-12(23-13)7-11(20-2)15(21-3)14(9)17;1-7(15(19)21-3)4-9(17)12-5-8-11(22-12)6-10(20-2)14(18)13(8)16;;/h6-8H,5H2,1-4H3;5-7,18H,4H2,1-3H3;2*1H2/t8-;7-;;/m00../s1. The quantitative estimate of drug-likeness (QED) is 0.130. The molecule has 0 fully saturated rings. The van der Waals surface area contributed by atoms with Crippen molar-refractivity contribution in [2.75, 3.05) is 35.5 Å². The van der Waals surface area contributed by atoms with Crippen LogP contribution < -0.4 is 14.2 Å². The minimum Gasteiger partial charge on any atom is -0.502 e. The molecule has 0 radical (unpaired) electrons. The van der Waals surface area contributed by atoms with E-state index in [-0.39, 0.29) is 74.0 Å². The summed E-state index contributed by atoms with van der Waals surface area (Å²) in [5.74, 6) is -4.28. The fourth-order valence-electron chi connectivity index (χ4n) is 4.30. The van der Waals surface area contributed by atoms with Crippen molar-refractivity contribution in [3.63, 3.8) is 0 Å². The molecule has 4 rings (SSSR count). The zero-order chi connectivity index (χ0) is 33.6. The van der Waals surface area contributed by atoms with Gasteiger partial charge in [-0.15, -0.1) is 22.7 Å². The van der Waals surface area contributed by atoms with Crippen molar-refractivity contribution in [2.24, 2.45) is 11.8 Å². The van der Waals surface area contributed by atoms with Crippen LogP contribution in [-0.4, -0.2) is 64.2 Å². The number of ether oxygens (including phenoxy) is 5. The predicted molar refractivity (Wildman–Crippen MR) is 186 cm³/mol. The van der Waals surface area contributed by atoms with Gasteiger partial charge in [-0.3, -0.25) is 19.2 Å². The first-order valence-electron chi connectivity index (χ1n) is 13.4. The van der Waals surface area contributed by atoms with E-state index in [0.717, 1.165) is 22.7 Å². The Bertz CT molecular complexity index is 1750. The fourth-order valence-corrected chi connectivity index (χ4v) is 6.38. The summed E-state index contributed by atoms with van der Waals surface area (Å²) in [7, 11) is 6.62. The summed E-state index contributed by atoms with van der Waals surface area (Å²) in [6, 6.07) is 5.95. The first kappa shape index (κ1) is 41.4. The van der Waals surface area contributed by atoms with Crippen molar-refractivity contribution in [2.45, 2.75) is 26.7 Å². The Morgan fingerprint density at radius 1 is 0.681 bits per heavy atom. The highest BCUT2D eigenvalue weighted by atomic mass is 32.1. The molecule has 0 spiro atoms. The first-order valence-corrected chi connectivity index (χ1v) is 15.0. The number of methoxy groups -OCH3 is 5. The van der Waals surface area contributed by atoms with Crippen LogP contribution in [0, 0.1) is 23.5 Å². The number of carbonyl (C=O) groups excluding carboxylic acids is 4. The third-order valence-electron chi connectivity index (χ3n) is 6.77. The topological polar surface area (TPSA) is 135 Å². The van der Waals surface area contributed by atoms with Crippen LogP contribution in [0.3, 0.4) is 0 Å². The molecular formula is C31H36F2O10S4. The lowest BCUT2D eigenvalue weighted by atomic mass is 10.0. The zero-order valence-electron chi connectivity index (χ0n) is 26.6. The smallest absolute Gasteiger partial charge is 0.308 e. The summed E-state index contributed by atoms with van der Waals surface area (Å²) >= 11 is 2.24. The molecule has 1 N–H and O–H groups in total. The fraction of sp³-hybridized carbons (Fsp3) is 0.355. The Hall–Kier alpha value is -3.60. The van der Waals surface area contributed by atoms with Crippen LogP contribution in [0.4, 0.5) is 8.78 Å². The van der Waals surface area contributed by atoms with Crippen molar-refractivity contribution < 1.29 is 56.7 Å². The number of rotatable bonds is 11. The Morgan fingerprint density at radius 3 is 1.47 bits per heavy atom. The summed E-state index contributed by atoms with van der Waals surface area (Å²) in [4.78, 5) is 47.9. The summed E-state index contributed by atoms with van der Waals surface area (Å²) in [5, 5.41) is 10.1. The lowest BCUT2D eigenvalue weighted by Crippen LogP contribution is -2.16. The van der Waals surface area contributed by atoms with E-state index in [0.29, 0.717) is 24.5 Å². The highest BCUT2D eigenvalue weighted by Crippen LogP contribution is 2.41. The molecular weight excluding hydrogens is 699 g/mol. The molecule has 4 aromatic rings. The number of Topliss-reactive ketones (excluding diaryl/α,β-unsaturated/α-hetero) is 2. The lowest BCUT2D eigenvalue weighted by Gasteiger charge is -2.08. The maximum absolute atomic E-state index is 14.5. The van der Waals surface area contributed by atoms with Crippen LogP contribution in [0.5, 0.6) is 23.0 Å². The van der Waals surface area contributed by atoms with Gasteiger partial charge < -0.3 is 28.8 Å². The second kappa shape index (κ2) is 18.1. The van der Waals surface area contributed by atoms with E-state index < -0.39 is 41.2 Å². The predicted octanol–water partition coefficient (Wildman–Crippen LogP) is 6.80. The van der Waals surface area contributed by atoms with Gasteiger partial charge in [0.05, 0.1) is 57.1 Å². The van der Waals surface area contributed by atoms with Crippen molar-refractivity contribution in [1.29, 1.82) is 0 Å². The van der Waals surface area contributed by atoms with Gasteiger partial charge in [0, 0.05) is 45.1 Å². The van der Waals surface area contributed by atoms with E-state index in [1.54, 1.807) is 19.9 Å². The van der Waals surface area contributed by atoms with Crippen LogP contribution in [0.2, 0.25) is 0 Å². The van der Waals surface area contributed by atoms with Gasteiger partial charge in [-0.2, -0.15) is 27.0 Å². The number of hydrogen-bond acceptors (Lipinski definition) is 12. The number of benzene rings is 2. The molecule has 0 unspecified atom stereocenters. The molecule has 2 heterocycles. The minimum atomic E-state index is -0.828. The van der Waals surface area contributed by atoms with Crippen LogP contribution >= 0.6 is 49.7 Å². The molecule has 16 heteroatoms. The van der Waals surface area contributed by atoms with Crippen molar-refractivity contribution in [3.8, 4) is 23.0 Å². The molecule has 0 saturated heterocycles. The SMILES string of the molecule is COC(=O)[C@@H](C)CC(=O)c1cc2c(F)c(O)c(OC)cc2s1.COC(=O)[C@@H](C)CC(=O)c1cc2c(F)c(OC)c(OC)cc2s1.S.S. The number of esters is 2. The Labute approximate surface area is 291 Å². The number of halogens is 2. The maximum atomic E-state index is 14.5. The van der Waals surface area contributed by atoms with Crippen LogP contribution in [0.1, 0.15) is 46.0 Å². The van der Waals surface area contributed by atoms with Crippen LogP contribution in [0.25, 0.3) is 20.2 Å². The molecule has 0 saturated carbocycles. The summed E-state index contributed by atoms with van der Waals surface area (Å²) in [6.07, 6.45) is -0.0143. The number of hydrogen-bond donors (Lipinski definition) is 1. The van der Waals surface area contributed by atoms with Gasteiger partial charge in [0.15, 0.2) is 46.2 Å². The molecule has 0 aliphatic carbocycles. The number of thiophene rings is 2. The van der Waals surface area contributed by atoms with Crippen molar-refractivity contribution in [3.05, 3.63) is 45.7 Å². The minimum absolute atomic E-state index is 0. The second-order valence-corrected chi connectivity index (χ2v) is 12.0. The third-order valence-corrected chi connectivity index (χ3v) is 9.01. The van der Waals surface area contributed by atoms with Gasteiger partial charge in [-0.05, 0) is 12.1 Å². The van der Waals surface area contributed by atoms with E-state index in [2.05, 4.69) is 9.47 Å². The largest absolute Gasteiger partial charge is 0.502 e. The van der Waals surface area contributed by atoms with E-state index in [1.165, 1.54) is 53.7 Å². The molecule has 2 aromatic heterocycles. The van der Waals surface area contributed by atoms with Gasteiger partial charge in [0.1, 0.15) is 0 Å². The molecule has 0 bridgehead atoms. The summed E-state index contributed by atoms with van der Waals surface area (Å²) < 4.78 is 53.8. The van der Waals surface area contributed by atoms with E-state index in [9.17, 15) is 33.1 Å². The molecule has 47 heavy (non-hydrogen) atoms. The number of aromatic hydroxyl groups is 1. The number of fused-ring (bicyclic) bond motifs is 2. The number of phenolic OH excluding ortho intramolecular Hbond substituents is 1. The second-order valence-electron chi connectivity index (χ2n) is 9.82. The highest BCUT2D eigenvalue weighted by molar-refractivity contribution is 7.59. The van der Waals surface area contributed by atoms with Gasteiger partial charge in [-0.1, -0.05) is 13.8 Å². The summed E-state index contributed by atoms with van der Waals surface area (Å²) in [6.45, 7) is 3.20. The van der Waals surface area contributed by atoms with Crippen LogP contribution in [0.15, 0.2) is 24.3 Å². The van der Waals surface area contributed by atoms with E-state index in [1.807, 2.05) is 0 Å². The third kappa shape index (κ3) is 9.27. The lowest BCUT2D eigenvalue weighted by molar-refractivity contribution is -0.145. The zero-order valence-corrected chi connectivity index (χ0v) is 30.2. The molecule has 10 nitrogen and oxygen atoms in total. The van der Waals surface area contributed by atoms with Crippen molar-refractivity contribution >= 4 is 93.3 Å².